The van der Waals surface area contributed by atoms with E-state index in [0.717, 1.165) is 28.0 Å². The highest BCUT2D eigenvalue weighted by Crippen LogP contribution is 2.36. The molecule has 0 spiro atoms. The molecule has 0 amide bonds. The first-order valence-corrected chi connectivity index (χ1v) is 6.13. The van der Waals surface area contributed by atoms with Crippen molar-refractivity contribution in [2.24, 2.45) is 5.73 Å². The molecule has 1 aromatic rings. The number of nitrogens with two attached hydrogens (primary N) is 1. The second kappa shape index (κ2) is 6.11. The van der Waals surface area contributed by atoms with Crippen molar-refractivity contribution in [3.63, 3.8) is 0 Å². The molecule has 0 saturated heterocycles. The summed E-state index contributed by atoms with van der Waals surface area (Å²) in [7, 11) is 1.64. The standard InChI is InChI=1S/C12H18BrNO2/c1-4-16-12-9(7-8(2)14)10(13)5-6-11(12)15-3/h5-6,8H,4,7,14H2,1-3H3. The van der Waals surface area contributed by atoms with Gasteiger partial charge in [0, 0.05) is 16.1 Å². The molecule has 1 atom stereocenters. The minimum Gasteiger partial charge on any atom is -0.493 e. The third kappa shape index (κ3) is 3.12. The number of hydrogen-bond acceptors (Lipinski definition) is 3. The number of rotatable bonds is 5. The molecule has 0 saturated carbocycles. The zero-order chi connectivity index (χ0) is 12.1. The van der Waals surface area contributed by atoms with Gasteiger partial charge in [-0.05, 0) is 32.4 Å². The van der Waals surface area contributed by atoms with Crippen molar-refractivity contribution in [2.75, 3.05) is 13.7 Å². The smallest absolute Gasteiger partial charge is 0.165 e. The lowest BCUT2D eigenvalue weighted by Crippen LogP contribution is -2.19. The quantitative estimate of drug-likeness (QED) is 0.906. The van der Waals surface area contributed by atoms with E-state index in [1.165, 1.54) is 0 Å². The van der Waals surface area contributed by atoms with E-state index in [9.17, 15) is 0 Å². The van der Waals surface area contributed by atoms with Crippen LogP contribution in [0.15, 0.2) is 16.6 Å². The van der Waals surface area contributed by atoms with Gasteiger partial charge in [-0.1, -0.05) is 15.9 Å². The first-order chi connectivity index (χ1) is 7.60. The maximum absolute atomic E-state index is 5.83. The van der Waals surface area contributed by atoms with Gasteiger partial charge in [-0.15, -0.1) is 0 Å². The molecular weight excluding hydrogens is 270 g/mol. The van der Waals surface area contributed by atoms with Crippen molar-refractivity contribution >= 4 is 15.9 Å². The van der Waals surface area contributed by atoms with E-state index in [2.05, 4.69) is 15.9 Å². The van der Waals surface area contributed by atoms with Crippen LogP contribution in [0.3, 0.4) is 0 Å². The Morgan fingerprint density at radius 1 is 1.44 bits per heavy atom. The molecule has 0 radical (unpaired) electrons. The van der Waals surface area contributed by atoms with Gasteiger partial charge in [0.25, 0.3) is 0 Å². The molecule has 16 heavy (non-hydrogen) atoms. The van der Waals surface area contributed by atoms with E-state index < -0.39 is 0 Å². The van der Waals surface area contributed by atoms with Gasteiger partial charge in [0.2, 0.25) is 0 Å². The molecule has 0 aliphatic heterocycles. The minimum absolute atomic E-state index is 0.0858. The summed E-state index contributed by atoms with van der Waals surface area (Å²) < 4.78 is 11.9. The monoisotopic (exact) mass is 287 g/mol. The normalized spacial score (nSPS) is 12.3. The Morgan fingerprint density at radius 3 is 2.62 bits per heavy atom. The second-order valence-electron chi connectivity index (χ2n) is 3.67. The Kier molecular flexibility index (Phi) is 5.09. The Morgan fingerprint density at radius 2 is 2.12 bits per heavy atom. The Labute approximate surface area is 105 Å². The van der Waals surface area contributed by atoms with E-state index in [4.69, 9.17) is 15.2 Å². The summed E-state index contributed by atoms with van der Waals surface area (Å²) in [5.41, 5.74) is 6.90. The van der Waals surface area contributed by atoms with Gasteiger partial charge in [-0.2, -0.15) is 0 Å². The lowest BCUT2D eigenvalue weighted by atomic mass is 10.1. The lowest BCUT2D eigenvalue weighted by Gasteiger charge is -2.17. The van der Waals surface area contributed by atoms with Crippen LogP contribution in [-0.4, -0.2) is 19.8 Å². The third-order valence-corrected chi connectivity index (χ3v) is 2.94. The van der Waals surface area contributed by atoms with Crippen LogP contribution in [0.25, 0.3) is 0 Å². The van der Waals surface area contributed by atoms with Crippen LogP contribution in [0, 0.1) is 0 Å². The van der Waals surface area contributed by atoms with E-state index in [1.807, 2.05) is 26.0 Å². The lowest BCUT2D eigenvalue weighted by molar-refractivity contribution is 0.306. The average molecular weight is 288 g/mol. The molecule has 90 valence electrons. The number of methoxy groups -OCH3 is 1. The molecule has 0 aliphatic rings. The minimum atomic E-state index is 0.0858. The SMILES string of the molecule is CCOc1c(OC)ccc(Br)c1CC(C)N. The van der Waals surface area contributed by atoms with Crippen LogP contribution in [0.1, 0.15) is 19.4 Å². The highest BCUT2D eigenvalue weighted by molar-refractivity contribution is 9.10. The summed E-state index contributed by atoms with van der Waals surface area (Å²) in [5, 5.41) is 0. The summed E-state index contributed by atoms with van der Waals surface area (Å²) in [4.78, 5) is 0. The number of halogens is 1. The zero-order valence-electron chi connectivity index (χ0n) is 9.92. The van der Waals surface area contributed by atoms with E-state index in [-0.39, 0.29) is 6.04 Å². The number of benzene rings is 1. The van der Waals surface area contributed by atoms with Crippen molar-refractivity contribution in [2.45, 2.75) is 26.3 Å². The molecule has 1 unspecified atom stereocenters. The van der Waals surface area contributed by atoms with Crippen molar-refractivity contribution in [3.8, 4) is 11.5 Å². The molecule has 0 bridgehead atoms. The van der Waals surface area contributed by atoms with Gasteiger partial charge in [-0.3, -0.25) is 0 Å². The molecule has 0 fully saturated rings. The third-order valence-electron chi connectivity index (χ3n) is 2.20. The largest absolute Gasteiger partial charge is 0.493 e. The van der Waals surface area contributed by atoms with Crippen LogP contribution in [0.4, 0.5) is 0 Å². The summed E-state index contributed by atoms with van der Waals surface area (Å²) in [6, 6.07) is 3.93. The predicted molar refractivity (Wildman–Crippen MR) is 69.2 cm³/mol. The van der Waals surface area contributed by atoms with Gasteiger partial charge in [0.15, 0.2) is 11.5 Å². The van der Waals surface area contributed by atoms with Crippen LogP contribution in [-0.2, 0) is 6.42 Å². The fourth-order valence-electron chi connectivity index (χ4n) is 1.56. The van der Waals surface area contributed by atoms with Crippen molar-refractivity contribution in [1.82, 2.24) is 0 Å². The molecule has 1 aromatic carbocycles. The molecule has 0 aromatic heterocycles. The molecular formula is C12H18BrNO2. The first kappa shape index (κ1) is 13.3. The van der Waals surface area contributed by atoms with Crippen molar-refractivity contribution < 1.29 is 9.47 Å². The average Bonchev–Trinajstić information content (AvgIpc) is 2.23. The molecule has 0 aliphatic carbocycles. The van der Waals surface area contributed by atoms with Gasteiger partial charge < -0.3 is 15.2 Å². The van der Waals surface area contributed by atoms with Gasteiger partial charge >= 0.3 is 0 Å². The molecule has 4 heteroatoms. The molecule has 2 N–H and O–H groups in total. The van der Waals surface area contributed by atoms with Crippen molar-refractivity contribution in [1.29, 1.82) is 0 Å². The summed E-state index contributed by atoms with van der Waals surface area (Å²) in [6.45, 7) is 4.54. The maximum atomic E-state index is 5.83. The second-order valence-corrected chi connectivity index (χ2v) is 4.53. The van der Waals surface area contributed by atoms with E-state index >= 15 is 0 Å². The number of ether oxygens (including phenoxy) is 2. The highest BCUT2D eigenvalue weighted by Gasteiger charge is 2.15. The zero-order valence-corrected chi connectivity index (χ0v) is 11.5. The summed E-state index contributed by atoms with van der Waals surface area (Å²) in [5.74, 6) is 1.54. The van der Waals surface area contributed by atoms with Gasteiger partial charge in [-0.25, -0.2) is 0 Å². The molecule has 1 rings (SSSR count). The fourth-order valence-corrected chi connectivity index (χ4v) is 2.03. The van der Waals surface area contributed by atoms with Gasteiger partial charge in [0.1, 0.15) is 0 Å². The number of hydrogen-bond donors (Lipinski definition) is 1. The fraction of sp³-hybridized carbons (Fsp3) is 0.500. The van der Waals surface area contributed by atoms with E-state index in [0.29, 0.717) is 6.61 Å². The predicted octanol–water partition coefficient (Wildman–Crippen LogP) is 2.75. The van der Waals surface area contributed by atoms with Crippen molar-refractivity contribution in [3.05, 3.63) is 22.2 Å². The van der Waals surface area contributed by atoms with Crippen LogP contribution in [0.2, 0.25) is 0 Å². The Balaban J connectivity index is 3.18. The Bertz CT molecular complexity index is 353. The maximum Gasteiger partial charge on any atom is 0.165 e. The first-order valence-electron chi connectivity index (χ1n) is 5.33. The summed E-state index contributed by atoms with van der Waals surface area (Å²) in [6.07, 6.45) is 0.757. The summed E-state index contributed by atoms with van der Waals surface area (Å²) >= 11 is 3.52. The van der Waals surface area contributed by atoms with Crippen LogP contribution >= 0.6 is 15.9 Å². The van der Waals surface area contributed by atoms with Gasteiger partial charge in [0.05, 0.1) is 13.7 Å². The molecule has 3 nitrogen and oxygen atoms in total. The van der Waals surface area contributed by atoms with Crippen LogP contribution < -0.4 is 15.2 Å². The molecule has 0 heterocycles. The topological polar surface area (TPSA) is 44.5 Å². The van der Waals surface area contributed by atoms with Crippen LogP contribution in [0.5, 0.6) is 11.5 Å². The van der Waals surface area contributed by atoms with E-state index in [1.54, 1.807) is 7.11 Å². The Hall–Kier alpha value is -0.740. The highest BCUT2D eigenvalue weighted by atomic mass is 79.9.